The molecule has 1 aliphatic heterocycles. The molecule has 2 atom stereocenters. The quantitative estimate of drug-likeness (QED) is 0.774. The molecule has 5 nitrogen and oxygen atoms in total. The minimum absolute atomic E-state index is 0.0717. The first kappa shape index (κ1) is 11.1. The first-order valence-electron chi connectivity index (χ1n) is 5.60. The Hall–Kier alpha value is -1.36. The Morgan fingerprint density at radius 2 is 2.44 bits per heavy atom. The van der Waals surface area contributed by atoms with E-state index in [2.05, 4.69) is 5.10 Å². The Kier molecular flexibility index (Phi) is 3.24. The molecule has 1 fully saturated rings. The third-order valence-electron chi connectivity index (χ3n) is 3.07. The fourth-order valence-electron chi connectivity index (χ4n) is 1.99. The average molecular weight is 223 g/mol. The van der Waals surface area contributed by atoms with Crippen molar-refractivity contribution < 1.29 is 9.90 Å². The molecule has 0 saturated carbocycles. The monoisotopic (exact) mass is 223 g/mol. The fourth-order valence-corrected chi connectivity index (χ4v) is 1.99. The van der Waals surface area contributed by atoms with Crippen molar-refractivity contribution in [1.82, 2.24) is 14.7 Å². The Morgan fingerprint density at radius 1 is 1.62 bits per heavy atom. The minimum atomic E-state index is -0.270. The van der Waals surface area contributed by atoms with Crippen molar-refractivity contribution in [2.24, 2.45) is 5.92 Å². The highest BCUT2D eigenvalue weighted by molar-refractivity contribution is 5.76. The van der Waals surface area contributed by atoms with Gasteiger partial charge in [-0.25, -0.2) is 0 Å². The molecule has 16 heavy (non-hydrogen) atoms. The van der Waals surface area contributed by atoms with Crippen molar-refractivity contribution in [3.8, 4) is 0 Å². The van der Waals surface area contributed by atoms with Crippen LogP contribution in [0, 0.1) is 5.92 Å². The number of piperidine rings is 1. The number of aromatic nitrogens is 2. The van der Waals surface area contributed by atoms with Gasteiger partial charge in [0.15, 0.2) is 0 Å². The van der Waals surface area contributed by atoms with Crippen LogP contribution in [0.15, 0.2) is 18.5 Å². The van der Waals surface area contributed by atoms with Gasteiger partial charge in [0.1, 0.15) is 6.54 Å². The van der Waals surface area contributed by atoms with Crippen molar-refractivity contribution in [3.05, 3.63) is 18.5 Å². The van der Waals surface area contributed by atoms with Crippen LogP contribution < -0.4 is 0 Å². The van der Waals surface area contributed by atoms with E-state index in [0.29, 0.717) is 19.5 Å². The predicted molar refractivity (Wildman–Crippen MR) is 58.6 cm³/mol. The summed E-state index contributed by atoms with van der Waals surface area (Å²) in [5.74, 6) is 0.234. The molecule has 0 bridgehead atoms. The smallest absolute Gasteiger partial charge is 0.244 e. The molecule has 1 aromatic rings. The highest BCUT2D eigenvalue weighted by Crippen LogP contribution is 2.16. The van der Waals surface area contributed by atoms with Crippen LogP contribution in [0.3, 0.4) is 0 Å². The van der Waals surface area contributed by atoms with Gasteiger partial charge >= 0.3 is 0 Å². The van der Waals surface area contributed by atoms with E-state index in [-0.39, 0.29) is 24.5 Å². The number of rotatable bonds is 2. The summed E-state index contributed by atoms with van der Waals surface area (Å²) in [6.45, 7) is 3.54. The van der Waals surface area contributed by atoms with E-state index in [1.54, 1.807) is 28.0 Å². The highest BCUT2D eigenvalue weighted by Gasteiger charge is 2.26. The van der Waals surface area contributed by atoms with Crippen molar-refractivity contribution in [2.45, 2.75) is 26.0 Å². The minimum Gasteiger partial charge on any atom is -0.393 e. The summed E-state index contributed by atoms with van der Waals surface area (Å²) in [7, 11) is 0. The molecule has 1 amide bonds. The Labute approximate surface area is 94.7 Å². The van der Waals surface area contributed by atoms with E-state index in [9.17, 15) is 9.90 Å². The molecule has 1 aliphatic rings. The second-order valence-electron chi connectivity index (χ2n) is 4.38. The topological polar surface area (TPSA) is 58.4 Å². The van der Waals surface area contributed by atoms with Gasteiger partial charge in [0, 0.05) is 25.5 Å². The second-order valence-corrected chi connectivity index (χ2v) is 4.38. The van der Waals surface area contributed by atoms with Gasteiger partial charge in [-0.15, -0.1) is 0 Å². The lowest BCUT2D eigenvalue weighted by atomic mass is 9.97. The maximum atomic E-state index is 11.9. The molecule has 1 aromatic heterocycles. The van der Waals surface area contributed by atoms with Crippen LogP contribution in [-0.2, 0) is 11.3 Å². The number of carbonyl (C=O) groups is 1. The van der Waals surface area contributed by atoms with Gasteiger partial charge in [-0.3, -0.25) is 9.48 Å². The number of hydrogen-bond acceptors (Lipinski definition) is 3. The molecule has 5 heteroatoms. The van der Waals surface area contributed by atoms with Crippen LogP contribution in [0.5, 0.6) is 0 Å². The van der Waals surface area contributed by atoms with Crippen LogP contribution in [0.1, 0.15) is 13.3 Å². The molecule has 0 radical (unpaired) electrons. The number of carbonyl (C=O) groups excluding carboxylic acids is 1. The zero-order valence-electron chi connectivity index (χ0n) is 9.41. The van der Waals surface area contributed by atoms with Crippen molar-refractivity contribution in [3.63, 3.8) is 0 Å². The first-order chi connectivity index (χ1) is 7.66. The summed E-state index contributed by atoms with van der Waals surface area (Å²) < 4.78 is 1.62. The number of nitrogens with zero attached hydrogens (tertiary/aromatic N) is 3. The Balaban J connectivity index is 1.90. The van der Waals surface area contributed by atoms with E-state index >= 15 is 0 Å². The summed E-state index contributed by atoms with van der Waals surface area (Å²) >= 11 is 0. The van der Waals surface area contributed by atoms with Gasteiger partial charge in [-0.05, 0) is 18.4 Å². The normalized spacial score (nSPS) is 25.8. The van der Waals surface area contributed by atoms with Gasteiger partial charge in [0.05, 0.1) is 6.10 Å². The zero-order chi connectivity index (χ0) is 11.5. The van der Waals surface area contributed by atoms with Crippen molar-refractivity contribution in [2.75, 3.05) is 13.1 Å². The van der Waals surface area contributed by atoms with Gasteiger partial charge in [-0.1, -0.05) is 6.92 Å². The van der Waals surface area contributed by atoms with Crippen LogP contribution in [0.25, 0.3) is 0 Å². The third kappa shape index (κ3) is 2.41. The van der Waals surface area contributed by atoms with Crippen LogP contribution in [0.2, 0.25) is 0 Å². The molecular weight excluding hydrogens is 206 g/mol. The van der Waals surface area contributed by atoms with E-state index in [0.717, 1.165) is 0 Å². The lowest BCUT2D eigenvalue weighted by Gasteiger charge is -2.34. The summed E-state index contributed by atoms with van der Waals surface area (Å²) in [6, 6.07) is 1.80. The van der Waals surface area contributed by atoms with Gasteiger partial charge in [0.2, 0.25) is 5.91 Å². The molecule has 2 heterocycles. The summed E-state index contributed by atoms with van der Waals surface area (Å²) in [5.41, 5.74) is 0. The Morgan fingerprint density at radius 3 is 3.06 bits per heavy atom. The van der Waals surface area contributed by atoms with Crippen LogP contribution >= 0.6 is 0 Å². The summed E-state index contributed by atoms with van der Waals surface area (Å²) in [5, 5.41) is 13.6. The molecule has 2 unspecified atom stereocenters. The van der Waals surface area contributed by atoms with Crippen LogP contribution in [0.4, 0.5) is 0 Å². The van der Waals surface area contributed by atoms with Gasteiger partial charge in [-0.2, -0.15) is 5.10 Å². The SMILES string of the molecule is CC1CN(C(=O)Cn2cccn2)CCC1O. The maximum absolute atomic E-state index is 11.9. The molecule has 88 valence electrons. The molecule has 1 saturated heterocycles. The highest BCUT2D eigenvalue weighted by atomic mass is 16.3. The molecule has 1 N–H and O–H groups in total. The zero-order valence-corrected chi connectivity index (χ0v) is 9.41. The first-order valence-corrected chi connectivity index (χ1v) is 5.60. The molecule has 0 spiro atoms. The molecule has 0 aliphatic carbocycles. The number of aliphatic hydroxyl groups is 1. The largest absolute Gasteiger partial charge is 0.393 e. The van der Waals surface area contributed by atoms with E-state index in [1.807, 2.05) is 6.92 Å². The molecular formula is C11H17N3O2. The number of aliphatic hydroxyl groups excluding tert-OH is 1. The number of hydrogen-bond donors (Lipinski definition) is 1. The van der Waals surface area contributed by atoms with Crippen LogP contribution in [-0.4, -0.2) is 44.9 Å². The van der Waals surface area contributed by atoms with E-state index in [4.69, 9.17) is 0 Å². The van der Waals surface area contributed by atoms with E-state index in [1.165, 1.54) is 0 Å². The van der Waals surface area contributed by atoms with Crippen molar-refractivity contribution >= 4 is 5.91 Å². The van der Waals surface area contributed by atoms with Gasteiger partial charge in [0.25, 0.3) is 0 Å². The average Bonchev–Trinajstić information content (AvgIpc) is 2.74. The predicted octanol–water partition coefficient (Wildman–Crippen LogP) is 0.112. The number of likely N-dealkylation sites (tertiary alicyclic amines) is 1. The standard InChI is InChI=1S/C11H17N3O2/c1-9-7-13(6-3-10(9)15)11(16)8-14-5-2-4-12-14/h2,4-5,9-10,15H,3,6-8H2,1H3. The van der Waals surface area contributed by atoms with Gasteiger partial charge < -0.3 is 10.0 Å². The fraction of sp³-hybridized carbons (Fsp3) is 0.636. The van der Waals surface area contributed by atoms with Crippen molar-refractivity contribution in [1.29, 1.82) is 0 Å². The number of amides is 1. The Bertz CT molecular complexity index is 350. The maximum Gasteiger partial charge on any atom is 0.244 e. The lowest BCUT2D eigenvalue weighted by Crippen LogP contribution is -2.46. The second kappa shape index (κ2) is 4.65. The molecule has 2 rings (SSSR count). The van der Waals surface area contributed by atoms with E-state index < -0.39 is 0 Å². The summed E-state index contributed by atoms with van der Waals surface area (Å²) in [4.78, 5) is 13.7. The third-order valence-corrected chi connectivity index (χ3v) is 3.07. The lowest BCUT2D eigenvalue weighted by molar-refractivity contribution is -0.135. The molecule has 0 aromatic carbocycles. The summed E-state index contributed by atoms with van der Waals surface area (Å²) in [6.07, 6.45) is 3.84.